The Morgan fingerprint density at radius 3 is 1.18 bits per heavy atom. The van der Waals surface area contributed by atoms with Gasteiger partial charge >= 0.3 is 0 Å². The lowest BCUT2D eigenvalue weighted by molar-refractivity contribution is 0.867. The Hall–Kier alpha value is -2.08. The van der Waals surface area contributed by atoms with Crippen molar-refractivity contribution in [3.8, 4) is 22.3 Å². The van der Waals surface area contributed by atoms with Crippen molar-refractivity contribution < 1.29 is 0 Å². The minimum absolute atomic E-state index is 0.569. The highest BCUT2D eigenvalue weighted by Crippen LogP contribution is 2.33. The Balaban J connectivity index is 1.99. The summed E-state index contributed by atoms with van der Waals surface area (Å²) in [6, 6.07) is 22.5. The lowest BCUT2D eigenvalue weighted by Crippen LogP contribution is -1.85. The van der Waals surface area contributed by atoms with Crippen molar-refractivity contribution in [3.05, 3.63) is 71.8 Å². The van der Waals surface area contributed by atoms with Gasteiger partial charge in [0.1, 0.15) is 0 Å². The van der Waals surface area contributed by atoms with E-state index in [1.807, 2.05) is 0 Å². The van der Waals surface area contributed by atoms with Crippen LogP contribution in [0.1, 0.15) is 50.7 Å². The molecule has 3 rings (SSSR count). The summed E-state index contributed by atoms with van der Waals surface area (Å²) in [5.41, 5.74) is 8.02. The van der Waals surface area contributed by atoms with Crippen LogP contribution in [-0.2, 0) is 0 Å². The average molecular weight is 288 g/mol. The molecule has 0 aliphatic heterocycles. The van der Waals surface area contributed by atoms with Crippen LogP contribution in [0.3, 0.4) is 0 Å². The smallest absolute Gasteiger partial charge is 0.0172 e. The predicted molar refractivity (Wildman–Crippen MR) is 96.7 cm³/mol. The van der Waals surface area contributed by atoms with E-state index < -0.39 is 0 Å². The first-order chi connectivity index (χ1) is 10.5. The molecule has 2 aliphatic rings. The van der Waals surface area contributed by atoms with E-state index >= 15 is 0 Å². The number of rotatable bonds is 3. The Morgan fingerprint density at radius 2 is 0.818 bits per heavy atom. The van der Waals surface area contributed by atoms with E-state index in [2.05, 4.69) is 88.4 Å². The highest BCUT2D eigenvalue weighted by atomic mass is 14.1. The van der Waals surface area contributed by atoms with Crippen molar-refractivity contribution in [1.29, 1.82) is 0 Å². The van der Waals surface area contributed by atoms with E-state index in [-0.39, 0.29) is 0 Å². The first-order valence-electron chi connectivity index (χ1n) is 8.18. The minimum Gasteiger partial charge on any atom is -0.0587 e. The molecule has 0 heteroatoms. The van der Waals surface area contributed by atoms with Crippen LogP contribution in [0, 0.1) is 0 Å². The summed E-state index contributed by atoms with van der Waals surface area (Å²) in [5.74, 6) is 1.15. The maximum Gasteiger partial charge on any atom is -0.0172 e. The van der Waals surface area contributed by atoms with Crippen LogP contribution in [0.4, 0.5) is 0 Å². The van der Waals surface area contributed by atoms with Crippen LogP contribution in [0.25, 0.3) is 22.3 Å². The normalized spacial score (nSPS) is 11.5. The standard InChI is InChI=1S/C22H24/c1-15(2)17-5-9-19(10-6-17)22-13-20-11-7-18(16(3)4)8-12-21(20)14-22/h5-16H,1-4H3. The molecule has 0 radical (unpaired) electrons. The molecule has 1 aromatic rings. The Morgan fingerprint density at radius 1 is 0.455 bits per heavy atom. The number of hydrogen-bond acceptors (Lipinski definition) is 0. The van der Waals surface area contributed by atoms with Gasteiger partial charge in [-0.1, -0.05) is 76.2 Å². The zero-order valence-corrected chi connectivity index (χ0v) is 13.9. The second-order valence-corrected chi connectivity index (χ2v) is 6.75. The van der Waals surface area contributed by atoms with Crippen molar-refractivity contribution in [1.82, 2.24) is 0 Å². The molecule has 0 saturated heterocycles. The molecule has 0 N–H and O–H groups in total. The molecule has 0 bridgehead atoms. The van der Waals surface area contributed by atoms with E-state index in [9.17, 15) is 0 Å². The Kier molecular flexibility index (Phi) is 4.02. The molecule has 1 aromatic carbocycles. The van der Waals surface area contributed by atoms with Crippen molar-refractivity contribution in [2.45, 2.75) is 39.5 Å². The fourth-order valence-electron chi connectivity index (χ4n) is 2.87. The molecular weight excluding hydrogens is 264 g/mol. The van der Waals surface area contributed by atoms with Gasteiger partial charge in [-0.25, -0.2) is 0 Å². The molecule has 0 amide bonds. The Labute approximate surface area is 134 Å². The first-order valence-corrected chi connectivity index (χ1v) is 8.18. The van der Waals surface area contributed by atoms with E-state index in [0.717, 1.165) is 0 Å². The SMILES string of the molecule is CC(C)c1ccc(-c2cc3ccc(C(C)C)ccc-3c2)cc1. The van der Waals surface area contributed by atoms with Crippen LogP contribution < -0.4 is 0 Å². The maximum atomic E-state index is 2.30. The van der Waals surface area contributed by atoms with Gasteiger partial charge in [0.25, 0.3) is 0 Å². The molecule has 0 aromatic heterocycles. The van der Waals surface area contributed by atoms with Gasteiger partial charge in [-0.05, 0) is 57.3 Å². The highest BCUT2D eigenvalue weighted by Gasteiger charge is 2.08. The molecule has 0 atom stereocenters. The minimum atomic E-state index is 0.569. The quantitative estimate of drug-likeness (QED) is 0.502. The van der Waals surface area contributed by atoms with Crippen molar-refractivity contribution in [2.75, 3.05) is 0 Å². The molecule has 0 spiro atoms. The van der Waals surface area contributed by atoms with Crippen LogP contribution >= 0.6 is 0 Å². The predicted octanol–water partition coefficient (Wildman–Crippen LogP) is 6.71. The van der Waals surface area contributed by atoms with Gasteiger partial charge in [0.15, 0.2) is 0 Å². The van der Waals surface area contributed by atoms with Crippen LogP contribution in [0.15, 0.2) is 60.7 Å². The van der Waals surface area contributed by atoms with Crippen molar-refractivity contribution in [2.24, 2.45) is 0 Å². The van der Waals surface area contributed by atoms with E-state index in [1.54, 1.807) is 0 Å². The third-order valence-corrected chi connectivity index (χ3v) is 4.44. The van der Waals surface area contributed by atoms with Crippen LogP contribution in [0.5, 0.6) is 0 Å². The third kappa shape index (κ3) is 2.92. The fraction of sp³-hybridized carbons (Fsp3) is 0.273. The molecule has 112 valence electrons. The van der Waals surface area contributed by atoms with E-state index in [1.165, 1.54) is 33.4 Å². The summed E-state index contributed by atoms with van der Waals surface area (Å²) < 4.78 is 0. The van der Waals surface area contributed by atoms with Gasteiger partial charge < -0.3 is 0 Å². The lowest BCUT2D eigenvalue weighted by atomic mass is 10.00. The number of fused-ring (bicyclic) bond motifs is 1. The molecule has 0 nitrogen and oxygen atoms in total. The van der Waals surface area contributed by atoms with Crippen LogP contribution in [-0.4, -0.2) is 0 Å². The second-order valence-electron chi connectivity index (χ2n) is 6.75. The summed E-state index contributed by atoms with van der Waals surface area (Å²) in [6.07, 6.45) is 0. The average Bonchev–Trinajstić information content (AvgIpc) is 2.80. The zero-order valence-electron chi connectivity index (χ0n) is 13.9. The lowest BCUT2D eigenvalue weighted by Gasteiger charge is -2.05. The van der Waals surface area contributed by atoms with Gasteiger partial charge in [-0.15, -0.1) is 0 Å². The van der Waals surface area contributed by atoms with Crippen molar-refractivity contribution in [3.63, 3.8) is 0 Å². The van der Waals surface area contributed by atoms with E-state index in [4.69, 9.17) is 0 Å². The van der Waals surface area contributed by atoms with Gasteiger partial charge in [0.2, 0.25) is 0 Å². The van der Waals surface area contributed by atoms with Gasteiger partial charge in [-0.2, -0.15) is 0 Å². The number of hydrogen-bond donors (Lipinski definition) is 0. The summed E-state index contributed by atoms with van der Waals surface area (Å²) in [4.78, 5) is 0. The van der Waals surface area contributed by atoms with Gasteiger partial charge in [-0.3, -0.25) is 0 Å². The molecule has 0 heterocycles. The molecule has 0 fully saturated rings. The molecule has 22 heavy (non-hydrogen) atoms. The summed E-state index contributed by atoms with van der Waals surface area (Å²) in [7, 11) is 0. The zero-order chi connectivity index (χ0) is 15.7. The summed E-state index contributed by atoms with van der Waals surface area (Å²) in [6.45, 7) is 8.94. The Bertz CT molecular complexity index is 699. The third-order valence-electron chi connectivity index (χ3n) is 4.44. The topological polar surface area (TPSA) is 0 Å². The second kappa shape index (κ2) is 5.96. The highest BCUT2D eigenvalue weighted by molar-refractivity contribution is 5.80. The molecule has 0 unspecified atom stereocenters. The first kappa shape index (κ1) is 14.8. The molecular formula is C22H24. The summed E-state index contributed by atoms with van der Waals surface area (Å²) in [5, 5.41) is 0. The van der Waals surface area contributed by atoms with Crippen molar-refractivity contribution >= 4 is 0 Å². The fourth-order valence-corrected chi connectivity index (χ4v) is 2.87. The van der Waals surface area contributed by atoms with E-state index in [0.29, 0.717) is 11.8 Å². The van der Waals surface area contributed by atoms with Crippen LogP contribution in [0.2, 0.25) is 0 Å². The largest absolute Gasteiger partial charge is 0.0587 e. The van der Waals surface area contributed by atoms with Gasteiger partial charge in [0, 0.05) is 0 Å². The van der Waals surface area contributed by atoms with Gasteiger partial charge in [0.05, 0.1) is 0 Å². The maximum absolute atomic E-state index is 2.30. The number of benzene rings is 1. The summed E-state index contributed by atoms with van der Waals surface area (Å²) >= 11 is 0. The monoisotopic (exact) mass is 288 g/mol. The molecule has 0 saturated carbocycles. The molecule has 2 aliphatic carbocycles.